The van der Waals surface area contributed by atoms with Gasteiger partial charge in [-0.3, -0.25) is 4.99 Å². The lowest BCUT2D eigenvalue weighted by atomic mass is 9.99. The monoisotopic (exact) mass is 331 g/mol. The molecule has 23 heavy (non-hydrogen) atoms. The van der Waals surface area contributed by atoms with Gasteiger partial charge in [-0.25, -0.2) is 4.39 Å². The van der Waals surface area contributed by atoms with E-state index in [-0.39, 0.29) is 17.9 Å². The van der Waals surface area contributed by atoms with Gasteiger partial charge in [0.2, 0.25) is 0 Å². The van der Waals surface area contributed by atoms with E-state index in [1.165, 1.54) is 23.3 Å². The highest BCUT2D eigenvalue weighted by Crippen LogP contribution is 2.34. The topological polar surface area (TPSA) is 41.6 Å². The van der Waals surface area contributed by atoms with E-state index in [2.05, 4.69) is 28.9 Å². The fourth-order valence-electron chi connectivity index (χ4n) is 2.96. The molecule has 120 valence electrons. The molecule has 0 fully saturated rings. The quantitative estimate of drug-likeness (QED) is 0.928. The molecule has 0 spiro atoms. The first kappa shape index (κ1) is 16.0. The lowest BCUT2D eigenvalue weighted by Crippen LogP contribution is -2.39. The SMILES string of the molecule is Cc1ccccc1CN1C=NC(c2ccc(F)cc2Cl)C1CN. The van der Waals surface area contributed by atoms with E-state index in [0.29, 0.717) is 11.6 Å². The lowest BCUT2D eigenvalue weighted by molar-refractivity contribution is 0.309. The predicted octanol–water partition coefficient (Wildman–Crippen LogP) is 3.70. The number of nitrogens with two attached hydrogens (primary N) is 1. The van der Waals surface area contributed by atoms with E-state index in [0.717, 1.165) is 12.1 Å². The zero-order valence-electron chi connectivity index (χ0n) is 12.9. The second kappa shape index (κ2) is 6.69. The van der Waals surface area contributed by atoms with Crippen LogP contribution in [0.25, 0.3) is 0 Å². The molecule has 0 saturated heterocycles. The Kier molecular flexibility index (Phi) is 4.64. The molecule has 1 heterocycles. The van der Waals surface area contributed by atoms with Gasteiger partial charge in [-0.15, -0.1) is 0 Å². The van der Waals surface area contributed by atoms with Crippen LogP contribution >= 0.6 is 11.6 Å². The zero-order valence-corrected chi connectivity index (χ0v) is 13.7. The van der Waals surface area contributed by atoms with Crippen LogP contribution in [0.2, 0.25) is 5.02 Å². The largest absolute Gasteiger partial charge is 0.352 e. The molecule has 5 heteroatoms. The average Bonchev–Trinajstić information content (AvgIpc) is 2.92. The normalized spacial score (nSPS) is 20.3. The Labute approximate surface area is 140 Å². The molecule has 2 aromatic rings. The Morgan fingerprint density at radius 2 is 2.04 bits per heavy atom. The van der Waals surface area contributed by atoms with E-state index in [4.69, 9.17) is 17.3 Å². The molecule has 3 rings (SSSR count). The second-order valence-corrected chi connectivity index (χ2v) is 6.18. The number of halogens is 2. The average molecular weight is 332 g/mol. The van der Waals surface area contributed by atoms with E-state index in [9.17, 15) is 4.39 Å². The fourth-order valence-corrected chi connectivity index (χ4v) is 3.24. The van der Waals surface area contributed by atoms with Gasteiger partial charge in [0.15, 0.2) is 0 Å². The molecular formula is C18H19ClFN3. The Morgan fingerprint density at radius 1 is 1.26 bits per heavy atom. The van der Waals surface area contributed by atoms with Crippen LogP contribution in [0.4, 0.5) is 4.39 Å². The molecule has 0 radical (unpaired) electrons. The summed E-state index contributed by atoms with van der Waals surface area (Å²) in [7, 11) is 0. The van der Waals surface area contributed by atoms with E-state index in [1.807, 2.05) is 18.5 Å². The van der Waals surface area contributed by atoms with Gasteiger partial charge in [-0.1, -0.05) is 41.9 Å². The van der Waals surface area contributed by atoms with Crippen molar-refractivity contribution in [1.29, 1.82) is 0 Å². The predicted molar refractivity (Wildman–Crippen MR) is 92.2 cm³/mol. The smallest absolute Gasteiger partial charge is 0.124 e. The first-order chi connectivity index (χ1) is 11.1. The van der Waals surface area contributed by atoms with Gasteiger partial charge >= 0.3 is 0 Å². The third kappa shape index (κ3) is 3.23. The molecule has 1 aliphatic heterocycles. The summed E-state index contributed by atoms with van der Waals surface area (Å²) < 4.78 is 13.3. The summed E-state index contributed by atoms with van der Waals surface area (Å²) in [5.41, 5.74) is 9.27. The molecule has 2 unspecified atom stereocenters. The van der Waals surface area contributed by atoms with Crippen molar-refractivity contribution >= 4 is 17.9 Å². The van der Waals surface area contributed by atoms with Gasteiger partial charge in [0, 0.05) is 18.1 Å². The van der Waals surface area contributed by atoms with Gasteiger partial charge in [-0.2, -0.15) is 0 Å². The van der Waals surface area contributed by atoms with Crippen molar-refractivity contribution in [2.45, 2.75) is 25.6 Å². The molecule has 0 saturated carbocycles. The lowest BCUT2D eigenvalue weighted by Gasteiger charge is -2.28. The number of hydrogen-bond donors (Lipinski definition) is 1. The minimum absolute atomic E-state index is 0.0116. The molecule has 2 aromatic carbocycles. The maximum atomic E-state index is 13.3. The zero-order chi connectivity index (χ0) is 16.4. The maximum Gasteiger partial charge on any atom is 0.124 e. The van der Waals surface area contributed by atoms with Gasteiger partial charge in [0.05, 0.1) is 18.4 Å². The van der Waals surface area contributed by atoms with Crippen molar-refractivity contribution in [3.63, 3.8) is 0 Å². The van der Waals surface area contributed by atoms with Gasteiger partial charge in [-0.05, 0) is 35.7 Å². The molecule has 3 nitrogen and oxygen atoms in total. The molecule has 1 aliphatic rings. The summed E-state index contributed by atoms with van der Waals surface area (Å²) in [6.45, 7) is 3.28. The van der Waals surface area contributed by atoms with Crippen LogP contribution in [0.5, 0.6) is 0 Å². The summed E-state index contributed by atoms with van der Waals surface area (Å²) in [6, 6.07) is 12.5. The molecule has 2 atom stereocenters. The van der Waals surface area contributed by atoms with Crippen molar-refractivity contribution in [1.82, 2.24) is 4.90 Å². The fraction of sp³-hybridized carbons (Fsp3) is 0.278. The third-order valence-corrected chi connectivity index (χ3v) is 4.63. The first-order valence-electron chi connectivity index (χ1n) is 7.58. The van der Waals surface area contributed by atoms with Gasteiger partial charge in [0.25, 0.3) is 0 Å². The second-order valence-electron chi connectivity index (χ2n) is 5.78. The number of benzene rings is 2. The number of hydrogen-bond acceptors (Lipinski definition) is 3. The van der Waals surface area contributed by atoms with Crippen molar-refractivity contribution in [3.05, 3.63) is 70.0 Å². The standard InChI is InChI=1S/C18H19ClFN3/c1-12-4-2-3-5-13(12)10-23-11-22-18(17(23)9-21)15-7-6-14(20)8-16(15)19/h2-8,11,17-18H,9-10,21H2,1H3. The van der Waals surface area contributed by atoms with Crippen molar-refractivity contribution in [2.24, 2.45) is 10.7 Å². The van der Waals surface area contributed by atoms with Crippen LogP contribution < -0.4 is 5.73 Å². The summed E-state index contributed by atoms with van der Waals surface area (Å²) in [5.74, 6) is -0.346. The Hall–Kier alpha value is -1.91. The summed E-state index contributed by atoms with van der Waals surface area (Å²) in [5, 5.41) is 0.392. The Balaban J connectivity index is 1.84. The number of aliphatic imine (C=N–C) groups is 1. The number of nitrogens with zero attached hydrogens (tertiary/aromatic N) is 2. The van der Waals surface area contributed by atoms with Crippen LogP contribution in [-0.4, -0.2) is 23.8 Å². The van der Waals surface area contributed by atoms with E-state index in [1.54, 1.807) is 6.07 Å². The van der Waals surface area contributed by atoms with Gasteiger partial charge < -0.3 is 10.6 Å². The van der Waals surface area contributed by atoms with Crippen LogP contribution in [0.1, 0.15) is 22.7 Å². The van der Waals surface area contributed by atoms with E-state index < -0.39 is 0 Å². The number of rotatable bonds is 4. The highest BCUT2D eigenvalue weighted by atomic mass is 35.5. The molecule has 2 N–H and O–H groups in total. The van der Waals surface area contributed by atoms with Crippen LogP contribution in [0.3, 0.4) is 0 Å². The van der Waals surface area contributed by atoms with Crippen molar-refractivity contribution in [3.8, 4) is 0 Å². The van der Waals surface area contributed by atoms with Gasteiger partial charge in [0.1, 0.15) is 5.82 Å². The first-order valence-corrected chi connectivity index (χ1v) is 7.96. The molecule has 0 aliphatic carbocycles. The molecule has 0 aromatic heterocycles. The molecular weight excluding hydrogens is 313 g/mol. The minimum atomic E-state index is -0.346. The molecule has 0 bridgehead atoms. The van der Waals surface area contributed by atoms with Crippen molar-refractivity contribution < 1.29 is 4.39 Å². The van der Waals surface area contributed by atoms with E-state index >= 15 is 0 Å². The van der Waals surface area contributed by atoms with Crippen LogP contribution in [0.15, 0.2) is 47.5 Å². The van der Waals surface area contributed by atoms with Crippen LogP contribution in [0, 0.1) is 12.7 Å². The third-order valence-electron chi connectivity index (χ3n) is 4.30. The summed E-state index contributed by atoms with van der Waals surface area (Å²) in [4.78, 5) is 6.70. The highest BCUT2D eigenvalue weighted by Gasteiger charge is 2.32. The number of aryl methyl sites for hydroxylation is 1. The maximum absolute atomic E-state index is 13.3. The van der Waals surface area contributed by atoms with Crippen LogP contribution in [-0.2, 0) is 6.54 Å². The Bertz CT molecular complexity index is 732. The minimum Gasteiger partial charge on any atom is -0.352 e. The Morgan fingerprint density at radius 3 is 2.74 bits per heavy atom. The summed E-state index contributed by atoms with van der Waals surface area (Å²) >= 11 is 6.19. The highest BCUT2D eigenvalue weighted by molar-refractivity contribution is 6.31. The molecule has 0 amide bonds. The van der Waals surface area contributed by atoms with Crippen molar-refractivity contribution in [2.75, 3.05) is 6.54 Å². The summed E-state index contributed by atoms with van der Waals surface area (Å²) in [6.07, 6.45) is 1.83.